The topological polar surface area (TPSA) is 15.3 Å². The maximum Gasteiger partial charge on any atom is 0.0568 e. The van der Waals surface area contributed by atoms with Gasteiger partial charge in [0.05, 0.1) is 5.88 Å². The molecule has 0 aromatic rings. The van der Waals surface area contributed by atoms with Gasteiger partial charge in [-0.3, -0.25) is 4.31 Å². The van der Waals surface area contributed by atoms with Crippen LogP contribution in [0.5, 0.6) is 0 Å². The van der Waals surface area contributed by atoms with Gasteiger partial charge >= 0.3 is 0 Å². The fourth-order valence-corrected chi connectivity index (χ4v) is 1.21. The smallest absolute Gasteiger partial charge is 0.0568 e. The molecule has 7 heavy (non-hydrogen) atoms. The molecule has 0 atom stereocenters. The van der Waals surface area contributed by atoms with Gasteiger partial charge in [-0.05, 0) is 7.05 Å². The second-order valence-corrected chi connectivity index (χ2v) is 2.80. The molecule has 0 unspecified atom stereocenters. The molecular weight excluding hydrogens is 108 g/mol. The first-order valence-corrected chi connectivity index (χ1v) is 3.38. The minimum Gasteiger partial charge on any atom is -0.305 e. The van der Waals surface area contributed by atoms with Gasteiger partial charge in [0.25, 0.3) is 0 Å². The van der Waals surface area contributed by atoms with Gasteiger partial charge in [0.15, 0.2) is 0 Å². The first kappa shape index (κ1) is 5.41. The quantitative estimate of drug-likeness (QED) is 0.455. The molecule has 0 aromatic carbocycles. The lowest BCUT2D eigenvalue weighted by Gasteiger charge is -2.20. The predicted molar refractivity (Wildman–Crippen MR) is 33.1 cm³/mol. The average Bonchev–Trinajstić information content (AvgIpc) is 1.69. The molecule has 0 amide bonds. The average molecular weight is 118 g/mol. The van der Waals surface area contributed by atoms with Gasteiger partial charge in [-0.1, -0.05) is 11.9 Å². The summed E-state index contributed by atoms with van der Waals surface area (Å²) in [5, 5.41) is 3.24. The minimum absolute atomic E-state index is 1.08. The molecule has 1 saturated heterocycles. The van der Waals surface area contributed by atoms with Gasteiger partial charge in [0.1, 0.15) is 0 Å². The van der Waals surface area contributed by atoms with Crippen LogP contribution in [0.3, 0.4) is 0 Å². The Morgan fingerprint density at radius 2 is 2.57 bits per heavy atom. The standard InChI is InChI=1S/C4H10N2S/c1-6-3-2-5-4-7-6/h5H,2-4H2,1H3. The van der Waals surface area contributed by atoms with Crippen molar-refractivity contribution >= 4 is 11.9 Å². The van der Waals surface area contributed by atoms with Crippen molar-refractivity contribution in [3.63, 3.8) is 0 Å². The fraction of sp³-hybridized carbons (Fsp3) is 1.00. The summed E-state index contributed by atoms with van der Waals surface area (Å²) in [4.78, 5) is 0. The Balaban J connectivity index is 2.12. The van der Waals surface area contributed by atoms with Crippen LogP contribution in [-0.2, 0) is 0 Å². The highest BCUT2D eigenvalue weighted by Crippen LogP contribution is 2.05. The van der Waals surface area contributed by atoms with E-state index >= 15 is 0 Å². The molecule has 0 radical (unpaired) electrons. The van der Waals surface area contributed by atoms with E-state index in [2.05, 4.69) is 16.7 Å². The van der Waals surface area contributed by atoms with Gasteiger partial charge in [-0.2, -0.15) is 0 Å². The summed E-state index contributed by atoms with van der Waals surface area (Å²) in [6.07, 6.45) is 0. The predicted octanol–water partition coefficient (Wildman–Crippen LogP) is 0.127. The van der Waals surface area contributed by atoms with Gasteiger partial charge < -0.3 is 5.32 Å². The van der Waals surface area contributed by atoms with Crippen molar-refractivity contribution in [2.45, 2.75) is 0 Å². The highest BCUT2D eigenvalue weighted by atomic mass is 32.2. The number of nitrogens with zero attached hydrogens (tertiary/aromatic N) is 1. The van der Waals surface area contributed by atoms with Crippen molar-refractivity contribution in [2.75, 3.05) is 26.0 Å². The van der Waals surface area contributed by atoms with Crippen LogP contribution in [0.2, 0.25) is 0 Å². The van der Waals surface area contributed by atoms with Crippen molar-refractivity contribution < 1.29 is 0 Å². The third-order valence-electron chi connectivity index (χ3n) is 0.990. The van der Waals surface area contributed by atoms with Crippen LogP contribution < -0.4 is 5.32 Å². The van der Waals surface area contributed by atoms with E-state index in [4.69, 9.17) is 0 Å². The molecule has 0 spiro atoms. The van der Waals surface area contributed by atoms with Crippen molar-refractivity contribution in [3.05, 3.63) is 0 Å². The summed E-state index contributed by atoms with van der Waals surface area (Å²) in [6, 6.07) is 0. The molecule has 0 aromatic heterocycles. The maximum absolute atomic E-state index is 3.24. The Labute approximate surface area is 48.4 Å². The normalized spacial score (nSPS) is 25.3. The number of hydrogen-bond acceptors (Lipinski definition) is 3. The highest BCUT2D eigenvalue weighted by Gasteiger charge is 2.01. The molecule has 1 N–H and O–H groups in total. The van der Waals surface area contributed by atoms with Crippen molar-refractivity contribution in [1.29, 1.82) is 0 Å². The molecule has 0 bridgehead atoms. The molecular formula is C4H10N2S. The third-order valence-corrected chi connectivity index (χ3v) is 1.95. The van der Waals surface area contributed by atoms with Gasteiger partial charge in [0.2, 0.25) is 0 Å². The fourth-order valence-electron chi connectivity index (χ4n) is 0.529. The van der Waals surface area contributed by atoms with E-state index in [9.17, 15) is 0 Å². The van der Waals surface area contributed by atoms with Crippen LogP contribution >= 0.6 is 11.9 Å². The number of likely N-dealkylation sites (N-methyl/N-ethyl adjacent to an activating group) is 1. The molecule has 3 heteroatoms. The van der Waals surface area contributed by atoms with Crippen LogP contribution in [0.25, 0.3) is 0 Å². The van der Waals surface area contributed by atoms with E-state index in [0.29, 0.717) is 0 Å². The molecule has 1 fully saturated rings. The lowest BCUT2D eigenvalue weighted by molar-refractivity contribution is 0.519. The zero-order valence-corrected chi connectivity index (χ0v) is 5.29. The van der Waals surface area contributed by atoms with Crippen molar-refractivity contribution in [3.8, 4) is 0 Å². The molecule has 1 heterocycles. The van der Waals surface area contributed by atoms with Crippen LogP contribution in [-0.4, -0.2) is 30.3 Å². The molecule has 0 saturated carbocycles. The van der Waals surface area contributed by atoms with E-state index in [-0.39, 0.29) is 0 Å². The van der Waals surface area contributed by atoms with E-state index in [1.807, 2.05) is 11.9 Å². The Hall–Kier alpha value is 0.270. The Morgan fingerprint density at radius 3 is 2.86 bits per heavy atom. The molecule has 0 aliphatic carbocycles. The molecule has 1 rings (SSSR count). The minimum atomic E-state index is 1.08. The largest absolute Gasteiger partial charge is 0.305 e. The zero-order chi connectivity index (χ0) is 5.11. The molecule has 2 nitrogen and oxygen atoms in total. The van der Waals surface area contributed by atoms with Crippen molar-refractivity contribution in [2.24, 2.45) is 0 Å². The lowest BCUT2D eigenvalue weighted by atomic mass is 10.6. The van der Waals surface area contributed by atoms with Gasteiger partial charge in [-0.15, -0.1) is 0 Å². The first-order valence-electron chi connectivity index (χ1n) is 2.44. The highest BCUT2D eigenvalue weighted by molar-refractivity contribution is 7.96. The van der Waals surface area contributed by atoms with Crippen LogP contribution in [0.1, 0.15) is 0 Å². The second kappa shape index (κ2) is 2.55. The zero-order valence-electron chi connectivity index (χ0n) is 4.48. The van der Waals surface area contributed by atoms with E-state index in [1.54, 1.807) is 0 Å². The Bertz CT molecular complexity index is 51.7. The Morgan fingerprint density at radius 1 is 1.71 bits per heavy atom. The number of rotatable bonds is 0. The lowest BCUT2D eigenvalue weighted by Crippen LogP contribution is -2.32. The van der Waals surface area contributed by atoms with E-state index < -0.39 is 0 Å². The molecule has 1 aliphatic rings. The van der Waals surface area contributed by atoms with Crippen LogP contribution in [0.15, 0.2) is 0 Å². The maximum atomic E-state index is 3.24. The summed E-state index contributed by atoms with van der Waals surface area (Å²) in [5.41, 5.74) is 0. The molecule has 1 aliphatic heterocycles. The second-order valence-electron chi connectivity index (χ2n) is 1.62. The Kier molecular flexibility index (Phi) is 1.97. The van der Waals surface area contributed by atoms with Crippen LogP contribution in [0.4, 0.5) is 0 Å². The summed E-state index contributed by atoms with van der Waals surface area (Å²) in [7, 11) is 2.12. The molecule has 42 valence electrons. The van der Waals surface area contributed by atoms with E-state index in [0.717, 1.165) is 12.4 Å². The monoisotopic (exact) mass is 118 g/mol. The number of hydrogen-bond donors (Lipinski definition) is 1. The van der Waals surface area contributed by atoms with E-state index in [1.165, 1.54) is 6.54 Å². The summed E-state index contributed by atoms with van der Waals surface area (Å²) in [6.45, 7) is 2.31. The summed E-state index contributed by atoms with van der Waals surface area (Å²) < 4.78 is 2.25. The summed E-state index contributed by atoms with van der Waals surface area (Å²) >= 11 is 1.84. The van der Waals surface area contributed by atoms with Crippen molar-refractivity contribution in [1.82, 2.24) is 9.62 Å². The summed E-state index contributed by atoms with van der Waals surface area (Å²) in [5.74, 6) is 1.08. The SMILES string of the molecule is CN1CCNCS1. The third kappa shape index (κ3) is 1.67. The van der Waals surface area contributed by atoms with Gasteiger partial charge in [0, 0.05) is 13.1 Å². The first-order chi connectivity index (χ1) is 3.39. The van der Waals surface area contributed by atoms with Gasteiger partial charge in [-0.25, -0.2) is 0 Å². The number of nitrogens with one attached hydrogen (secondary N) is 1. The van der Waals surface area contributed by atoms with Crippen LogP contribution in [0, 0.1) is 0 Å².